The van der Waals surface area contributed by atoms with Gasteiger partial charge in [0.15, 0.2) is 11.5 Å². The Morgan fingerprint density at radius 2 is 1.70 bits per heavy atom. The number of benzene rings is 2. The van der Waals surface area contributed by atoms with Crippen molar-refractivity contribution in [1.29, 1.82) is 0 Å². The SMILES string of the molecule is CCOC(=O)c1ccc(-n2c(O)c(O)c(C(=O)C3CCC3)c2-c2ccccc2)cc1. The van der Waals surface area contributed by atoms with Crippen LogP contribution >= 0.6 is 0 Å². The van der Waals surface area contributed by atoms with Crippen molar-refractivity contribution in [3.8, 4) is 28.6 Å². The molecular formula is C24H23NO5. The minimum Gasteiger partial charge on any atom is -0.503 e. The predicted molar refractivity (Wildman–Crippen MR) is 112 cm³/mol. The van der Waals surface area contributed by atoms with Gasteiger partial charge in [-0.2, -0.15) is 0 Å². The van der Waals surface area contributed by atoms with E-state index >= 15 is 0 Å². The van der Waals surface area contributed by atoms with Gasteiger partial charge in [0.2, 0.25) is 5.88 Å². The summed E-state index contributed by atoms with van der Waals surface area (Å²) in [4.78, 5) is 25.1. The first-order chi connectivity index (χ1) is 14.5. The zero-order valence-corrected chi connectivity index (χ0v) is 16.7. The molecule has 4 rings (SSSR count). The van der Waals surface area contributed by atoms with Gasteiger partial charge >= 0.3 is 5.97 Å². The standard InChI is InChI=1S/C24H23NO5/c1-2-30-24(29)17-11-13-18(14-12-17)25-20(15-7-4-3-5-8-15)19(22(27)23(25)28)21(26)16-9-6-10-16/h3-5,7-8,11-14,16,27-28H,2,6,9-10H2,1H3. The molecule has 0 unspecified atom stereocenters. The first kappa shape index (κ1) is 19.8. The number of ketones is 1. The number of rotatable bonds is 6. The first-order valence-corrected chi connectivity index (χ1v) is 10.1. The van der Waals surface area contributed by atoms with Gasteiger partial charge in [0.05, 0.1) is 23.4 Å². The molecule has 1 fully saturated rings. The van der Waals surface area contributed by atoms with E-state index in [-0.39, 0.29) is 23.9 Å². The summed E-state index contributed by atoms with van der Waals surface area (Å²) in [5.74, 6) is -1.55. The summed E-state index contributed by atoms with van der Waals surface area (Å²) in [5.41, 5.74) is 2.17. The highest BCUT2D eigenvalue weighted by Crippen LogP contribution is 2.45. The lowest BCUT2D eigenvalue weighted by molar-refractivity contribution is 0.0526. The molecule has 1 aromatic heterocycles. The Kier molecular flexibility index (Phi) is 5.31. The minimum atomic E-state index is -0.437. The molecule has 0 bridgehead atoms. The Morgan fingerprint density at radius 3 is 2.27 bits per heavy atom. The highest BCUT2D eigenvalue weighted by molar-refractivity contribution is 6.07. The summed E-state index contributed by atoms with van der Waals surface area (Å²) in [6.45, 7) is 2.01. The first-order valence-electron chi connectivity index (χ1n) is 10.1. The number of esters is 1. The van der Waals surface area contributed by atoms with Crippen molar-refractivity contribution in [2.75, 3.05) is 6.61 Å². The number of carbonyl (C=O) groups is 2. The Hall–Kier alpha value is -3.54. The molecule has 30 heavy (non-hydrogen) atoms. The number of Topliss-reactive ketones (excluding diaryl/α,β-unsaturated/α-hetero) is 1. The zero-order valence-electron chi connectivity index (χ0n) is 16.7. The molecule has 6 nitrogen and oxygen atoms in total. The van der Waals surface area contributed by atoms with E-state index < -0.39 is 17.6 Å². The van der Waals surface area contributed by atoms with Crippen LogP contribution in [0.3, 0.4) is 0 Å². The van der Waals surface area contributed by atoms with Crippen molar-refractivity contribution in [2.45, 2.75) is 26.2 Å². The quantitative estimate of drug-likeness (QED) is 0.458. The van der Waals surface area contributed by atoms with Crippen molar-refractivity contribution >= 4 is 11.8 Å². The molecule has 2 N–H and O–H groups in total. The van der Waals surface area contributed by atoms with Gasteiger partial charge in [-0.1, -0.05) is 36.8 Å². The Labute approximate surface area is 174 Å². The predicted octanol–water partition coefficient (Wildman–Crippen LogP) is 4.72. The Bertz CT molecular complexity index is 1080. The lowest BCUT2D eigenvalue weighted by Crippen LogP contribution is -2.22. The van der Waals surface area contributed by atoms with Gasteiger partial charge in [-0.05, 0) is 49.6 Å². The molecule has 154 valence electrons. The summed E-state index contributed by atoms with van der Waals surface area (Å²) < 4.78 is 6.46. The number of nitrogens with zero attached hydrogens (tertiary/aromatic N) is 1. The summed E-state index contributed by atoms with van der Waals surface area (Å²) in [6, 6.07) is 15.7. The summed E-state index contributed by atoms with van der Waals surface area (Å²) in [5, 5.41) is 21.5. The molecule has 0 amide bonds. The van der Waals surface area contributed by atoms with Gasteiger partial charge in [-0.15, -0.1) is 0 Å². The van der Waals surface area contributed by atoms with Crippen LogP contribution in [0.5, 0.6) is 11.6 Å². The third-order valence-electron chi connectivity index (χ3n) is 5.53. The molecule has 0 saturated heterocycles. The largest absolute Gasteiger partial charge is 0.503 e. The molecule has 1 saturated carbocycles. The maximum atomic E-state index is 13.1. The maximum absolute atomic E-state index is 13.1. The van der Waals surface area contributed by atoms with Crippen molar-refractivity contribution in [3.63, 3.8) is 0 Å². The van der Waals surface area contributed by atoms with Crippen LogP contribution in [-0.2, 0) is 4.74 Å². The summed E-state index contributed by atoms with van der Waals surface area (Å²) in [7, 11) is 0. The molecule has 0 atom stereocenters. The van der Waals surface area contributed by atoms with Gasteiger partial charge in [-0.25, -0.2) is 4.79 Å². The van der Waals surface area contributed by atoms with E-state index in [0.29, 0.717) is 22.5 Å². The second-order valence-electron chi connectivity index (χ2n) is 7.36. The van der Waals surface area contributed by atoms with Crippen LogP contribution in [-0.4, -0.2) is 33.1 Å². The van der Waals surface area contributed by atoms with Crippen LogP contribution in [0, 0.1) is 5.92 Å². The summed E-state index contributed by atoms with van der Waals surface area (Å²) in [6.07, 6.45) is 2.55. The second-order valence-corrected chi connectivity index (χ2v) is 7.36. The van der Waals surface area contributed by atoms with Gasteiger partial charge in [0.1, 0.15) is 0 Å². The van der Waals surface area contributed by atoms with E-state index in [2.05, 4.69) is 0 Å². The Morgan fingerprint density at radius 1 is 1.03 bits per heavy atom. The fraction of sp³-hybridized carbons (Fsp3) is 0.250. The number of carbonyl (C=O) groups excluding carboxylic acids is 2. The van der Waals surface area contributed by atoms with Crippen LogP contribution < -0.4 is 0 Å². The van der Waals surface area contributed by atoms with E-state index in [4.69, 9.17) is 4.74 Å². The van der Waals surface area contributed by atoms with E-state index in [1.807, 2.05) is 30.3 Å². The van der Waals surface area contributed by atoms with Gasteiger partial charge in [0.25, 0.3) is 0 Å². The monoisotopic (exact) mass is 405 g/mol. The average molecular weight is 405 g/mol. The van der Waals surface area contributed by atoms with Crippen LogP contribution in [0.4, 0.5) is 0 Å². The Balaban J connectivity index is 1.87. The van der Waals surface area contributed by atoms with Crippen LogP contribution in [0.1, 0.15) is 46.9 Å². The van der Waals surface area contributed by atoms with Crippen molar-refractivity contribution in [2.24, 2.45) is 5.92 Å². The van der Waals surface area contributed by atoms with E-state index in [1.165, 1.54) is 4.57 Å². The van der Waals surface area contributed by atoms with E-state index in [9.17, 15) is 19.8 Å². The number of aromatic hydroxyl groups is 2. The molecule has 3 aromatic rings. The molecule has 1 heterocycles. The third-order valence-corrected chi connectivity index (χ3v) is 5.53. The fourth-order valence-corrected chi connectivity index (χ4v) is 3.74. The van der Waals surface area contributed by atoms with Crippen LogP contribution in [0.15, 0.2) is 54.6 Å². The molecule has 1 aliphatic rings. The van der Waals surface area contributed by atoms with Crippen molar-refractivity contribution in [1.82, 2.24) is 4.57 Å². The molecule has 0 radical (unpaired) electrons. The molecule has 2 aromatic carbocycles. The number of hydrogen-bond donors (Lipinski definition) is 2. The lowest BCUT2D eigenvalue weighted by Gasteiger charge is -2.24. The molecule has 0 aliphatic heterocycles. The third kappa shape index (κ3) is 3.34. The molecule has 1 aliphatic carbocycles. The maximum Gasteiger partial charge on any atom is 0.338 e. The van der Waals surface area contributed by atoms with Crippen molar-refractivity contribution < 1.29 is 24.5 Å². The van der Waals surface area contributed by atoms with E-state index in [0.717, 1.165) is 19.3 Å². The summed E-state index contributed by atoms with van der Waals surface area (Å²) >= 11 is 0. The fourth-order valence-electron chi connectivity index (χ4n) is 3.74. The van der Waals surface area contributed by atoms with Crippen LogP contribution in [0.2, 0.25) is 0 Å². The number of hydrogen-bond acceptors (Lipinski definition) is 5. The topological polar surface area (TPSA) is 88.8 Å². The normalized spacial score (nSPS) is 13.6. The van der Waals surface area contributed by atoms with E-state index in [1.54, 1.807) is 31.2 Å². The zero-order chi connectivity index (χ0) is 21.3. The second kappa shape index (κ2) is 8.06. The smallest absolute Gasteiger partial charge is 0.338 e. The molecule has 0 spiro atoms. The highest BCUT2D eigenvalue weighted by Gasteiger charge is 2.35. The number of aromatic nitrogens is 1. The van der Waals surface area contributed by atoms with Gasteiger partial charge < -0.3 is 14.9 Å². The average Bonchev–Trinajstić information content (AvgIpc) is 2.98. The lowest BCUT2D eigenvalue weighted by atomic mass is 9.79. The van der Waals surface area contributed by atoms with Gasteiger partial charge in [0, 0.05) is 11.6 Å². The minimum absolute atomic E-state index is 0.137. The van der Waals surface area contributed by atoms with Gasteiger partial charge in [-0.3, -0.25) is 9.36 Å². The molecule has 6 heteroatoms. The number of ether oxygens (including phenoxy) is 1. The van der Waals surface area contributed by atoms with Crippen molar-refractivity contribution in [3.05, 3.63) is 65.7 Å². The molecular weight excluding hydrogens is 382 g/mol. The van der Waals surface area contributed by atoms with Crippen LogP contribution in [0.25, 0.3) is 16.9 Å². The highest BCUT2D eigenvalue weighted by atomic mass is 16.5.